The predicted molar refractivity (Wildman–Crippen MR) is 76.2 cm³/mol. The number of benzene rings is 1. The molecule has 100 valence electrons. The molecule has 3 rings (SSSR count). The summed E-state index contributed by atoms with van der Waals surface area (Å²) in [7, 11) is 0. The van der Waals surface area contributed by atoms with Gasteiger partial charge in [-0.05, 0) is 31.2 Å². The molecule has 0 spiro atoms. The van der Waals surface area contributed by atoms with Gasteiger partial charge in [0.25, 0.3) is 5.56 Å². The lowest BCUT2D eigenvalue weighted by atomic mass is 10.1. The Morgan fingerprint density at radius 3 is 2.95 bits per heavy atom. The second kappa shape index (κ2) is 4.89. The largest absolute Gasteiger partial charge is 0.311 e. The van der Waals surface area contributed by atoms with Gasteiger partial charge in [-0.2, -0.15) is 0 Å². The van der Waals surface area contributed by atoms with Gasteiger partial charge in [-0.1, -0.05) is 12.1 Å². The van der Waals surface area contributed by atoms with Crippen LogP contribution in [0.4, 0.5) is 4.39 Å². The number of nitrogens with zero attached hydrogens (tertiary/aromatic N) is 2. The van der Waals surface area contributed by atoms with Gasteiger partial charge in [0.15, 0.2) is 0 Å². The van der Waals surface area contributed by atoms with E-state index in [1.165, 1.54) is 12.1 Å². The van der Waals surface area contributed by atoms with Crippen molar-refractivity contribution in [1.82, 2.24) is 9.55 Å². The van der Waals surface area contributed by atoms with Gasteiger partial charge in [0.05, 0.1) is 12.1 Å². The first-order valence-electron chi connectivity index (χ1n) is 6.34. The van der Waals surface area contributed by atoms with Crippen molar-refractivity contribution in [2.45, 2.75) is 13.5 Å². The van der Waals surface area contributed by atoms with Crippen LogP contribution in [0.5, 0.6) is 0 Å². The second-order valence-electron chi connectivity index (χ2n) is 4.76. The maximum atomic E-state index is 13.7. The standard InChI is InChI=1S/C16H13FN2O/c1-11-4-3-7-19(16(11)20)10-13-9-14(17)8-12-5-2-6-18-15(12)13/h2-9H,10H2,1H3. The van der Waals surface area contributed by atoms with Gasteiger partial charge in [0.1, 0.15) is 5.82 Å². The van der Waals surface area contributed by atoms with Crippen LogP contribution in [0.1, 0.15) is 11.1 Å². The lowest BCUT2D eigenvalue weighted by Crippen LogP contribution is -2.21. The Balaban J connectivity index is 2.15. The van der Waals surface area contributed by atoms with E-state index in [9.17, 15) is 9.18 Å². The molecule has 1 aromatic carbocycles. The van der Waals surface area contributed by atoms with Crippen LogP contribution in [0.25, 0.3) is 10.9 Å². The van der Waals surface area contributed by atoms with Gasteiger partial charge in [0.2, 0.25) is 0 Å². The van der Waals surface area contributed by atoms with E-state index >= 15 is 0 Å². The average molecular weight is 268 g/mol. The molecule has 0 fully saturated rings. The zero-order chi connectivity index (χ0) is 14.1. The minimum atomic E-state index is -0.318. The molecule has 0 atom stereocenters. The maximum Gasteiger partial charge on any atom is 0.253 e. The van der Waals surface area contributed by atoms with Crippen molar-refractivity contribution in [2.75, 3.05) is 0 Å². The van der Waals surface area contributed by atoms with E-state index in [0.29, 0.717) is 17.7 Å². The zero-order valence-electron chi connectivity index (χ0n) is 11.0. The summed E-state index contributed by atoms with van der Waals surface area (Å²) in [6.45, 7) is 2.08. The summed E-state index contributed by atoms with van der Waals surface area (Å²) in [6, 6.07) is 10.0. The Labute approximate surface area is 115 Å². The highest BCUT2D eigenvalue weighted by atomic mass is 19.1. The lowest BCUT2D eigenvalue weighted by molar-refractivity contribution is 0.625. The Kier molecular flexibility index (Phi) is 3.06. The SMILES string of the molecule is Cc1cccn(Cc2cc(F)cc3cccnc23)c1=O. The monoisotopic (exact) mass is 268 g/mol. The molecule has 0 N–H and O–H groups in total. The molecule has 0 aliphatic heterocycles. The van der Waals surface area contributed by atoms with Crippen LogP contribution in [0.3, 0.4) is 0 Å². The molecule has 0 radical (unpaired) electrons. The Hall–Kier alpha value is -2.49. The zero-order valence-corrected chi connectivity index (χ0v) is 11.0. The summed E-state index contributed by atoms with van der Waals surface area (Å²) in [5, 5.41) is 0.739. The molecule has 0 aliphatic rings. The molecule has 0 saturated heterocycles. The van der Waals surface area contributed by atoms with Crippen LogP contribution in [0, 0.1) is 12.7 Å². The van der Waals surface area contributed by atoms with Gasteiger partial charge in [-0.15, -0.1) is 0 Å². The summed E-state index contributed by atoms with van der Waals surface area (Å²) in [4.78, 5) is 16.3. The van der Waals surface area contributed by atoms with Crippen LogP contribution in [-0.4, -0.2) is 9.55 Å². The highest BCUT2D eigenvalue weighted by Crippen LogP contribution is 2.19. The normalized spacial score (nSPS) is 10.9. The fourth-order valence-electron chi connectivity index (χ4n) is 2.31. The molecule has 0 unspecified atom stereocenters. The third-order valence-corrected chi connectivity index (χ3v) is 3.30. The van der Waals surface area contributed by atoms with Crippen molar-refractivity contribution >= 4 is 10.9 Å². The number of pyridine rings is 2. The van der Waals surface area contributed by atoms with E-state index in [1.54, 1.807) is 36.0 Å². The number of aryl methyl sites for hydroxylation is 1. The Morgan fingerprint density at radius 1 is 1.25 bits per heavy atom. The van der Waals surface area contributed by atoms with Crippen molar-refractivity contribution in [2.24, 2.45) is 0 Å². The molecule has 2 heterocycles. The van der Waals surface area contributed by atoms with Crippen LogP contribution in [0.2, 0.25) is 0 Å². The fraction of sp³-hybridized carbons (Fsp3) is 0.125. The molecule has 20 heavy (non-hydrogen) atoms. The third kappa shape index (κ3) is 2.20. The van der Waals surface area contributed by atoms with E-state index < -0.39 is 0 Å². The topological polar surface area (TPSA) is 34.9 Å². The molecule has 2 aromatic heterocycles. The maximum absolute atomic E-state index is 13.7. The number of aromatic nitrogens is 2. The molecule has 3 nitrogen and oxygen atoms in total. The van der Waals surface area contributed by atoms with Crippen molar-refractivity contribution in [3.63, 3.8) is 0 Å². The molecule has 0 amide bonds. The van der Waals surface area contributed by atoms with Gasteiger partial charge in [-0.25, -0.2) is 4.39 Å². The van der Waals surface area contributed by atoms with E-state index in [0.717, 1.165) is 10.9 Å². The molecule has 4 heteroatoms. The molecule has 0 saturated carbocycles. The minimum Gasteiger partial charge on any atom is -0.311 e. The fourth-order valence-corrected chi connectivity index (χ4v) is 2.31. The minimum absolute atomic E-state index is 0.0687. The summed E-state index contributed by atoms with van der Waals surface area (Å²) < 4.78 is 15.2. The Bertz CT molecular complexity index is 839. The quantitative estimate of drug-likeness (QED) is 0.716. The van der Waals surface area contributed by atoms with E-state index in [-0.39, 0.29) is 11.4 Å². The van der Waals surface area contributed by atoms with E-state index in [1.807, 2.05) is 12.1 Å². The van der Waals surface area contributed by atoms with Crippen LogP contribution >= 0.6 is 0 Å². The van der Waals surface area contributed by atoms with Gasteiger partial charge < -0.3 is 4.57 Å². The number of rotatable bonds is 2. The summed E-state index contributed by atoms with van der Waals surface area (Å²) in [5.41, 5.74) is 2.03. The van der Waals surface area contributed by atoms with Crippen LogP contribution in [0.15, 0.2) is 53.6 Å². The molecule has 0 aliphatic carbocycles. The number of hydrogen-bond acceptors (Lipinski definition) is 2. The average Bonchev–Trinajstić information content (AvgIpc) is 2.43. The molecule has 3 aromatic rings. The summed E-state index contributed by atoms with van der Waals surface area (Å²) >= 11 is 0. The van der Waals surface area contributed by atoms with E-state index in [2.05, 4.69) is 4.98 Å². The van der Waals surface area contributed by atoms with Crippen molar-refractivity contribution in [1.29, 1.82) is 0 Å². The third-order valence-electron chi connectivity index (χ3n) is 3.30. The number of hydrogen-bond donors (Lipinski definition) is 0. The lowest BCUT2D eigenvalue weighted by Gasteiger charge is -2.09. The van der Waals surface area contributed by atoms with E-state index in [4.69, 9.17) is 0 Å². The molecular formula is C16H13FN2O. The second-order valence-corrected chi connectivity index (χ2v) is 4.76. The number of fused-ring (bicyclic) bond motifs is 1. The first-order valence-corrected chi connectivity index (χ1v) is 6.34. The van der Waals surface area contributed by atoms with Crippen LogP contribution in [-0.2, 0) is 6.54 Å². The first-order chi connectivity index (χ1) is 9.65. The van der Waals surface area contributed by atoms with Gasteiger partial charge in [-0.3, -0.25) is 9.78 Å². The molecular weight excluding hydrogens is 255 g/mol. The predicted octanol–water partition coefficient (Wildman–Crippen LogP) is 2.89. The Morgan fingerprint density at radius 2 is 2.10 bits per heavy atom. The van der Waals surface area contributed by atoms with Crippen LogP contribution < -0.4 is 5.56 Å². The van der Waals surface area contributed by atoms with Crippen molar-refractivity contribution in [3.05, 3.63) is 76.1 Å². The summed E-state index contributed by atoms with van der Waals surface area (Å²) in [5.74, 6) is -0.318. The molecule has 0 bridgehead atoms. The summed E-state index contributed by atoms with van der Waals surface area (Å²) in [6.07, 6.45) is 3.37. The van der Waals surface area contributed by atoms with Gasteiger partial charge >= 0.3 is 0 Å². The number of halogens is 1. The van der Waals surface area contributed by atoms with Gasteiger partial charge in [0, 0.05) is 28.9 Å². The van der Waals surface area contributed by atoms with Crippen molar-refractivity contribution < 1.29 is 4.39 Å². The highest BCUT2D eigenvalue weighted by Gasteiger charge is 2.07. The smallest absolute Gasteiger partial charge is 0.253 e. The first kappa shape index (κ1) is 12.5. The highest BCUT2D eigenvalue weighted by molar-refractivity contribution is 5.81. The van der Waals surface area contributed by atoms with Crippen molar-refractivity contribution in [3.8, 4) is 0 Å².